The van der Waals surface area contributed by atoms with Crippen LogP contribution in [0, 0.1) is 5.41 Å². The van der Waals surface area contributed by atoms with E-state index in [-0.39, 0.29) is 11.2 Å². The summed E-state index contributed by atoms with van der Waals surface area (Å²) in [5, 5.41) is 18.0. The maximum Gasteiger partial charge on any atom is 0.336 e. The van der Waals surface area contributed by atoms with E-state index in [1.165, 1.54) is 0 Å². The molecule has 0 aromatic carbocycles. The molecule has 0 aliphatic rings. The minimum atomic E-state index is -3.54. The van der Waals surface area contributed by atoms with Crippen molar-refractivity contribution in [2.75, 3.05) is 12.3 Å². The van der Waals surface area contributed by atoms with Gasteiger partial charge in [0.1, 0.15) is 0 Å². The summed E-state index contributed by atoms with van der Waals surface area (Å²) in [6.45, 7) is 6.57. The van der Waals surface area contributed by atoms with E-state index in [0.29, 0.717) is 6.42 Å². The van der Waals surface area contributed by atoms with E-state index in [4.69, 9.17) is 5.11 Å². The normalized spacial score (nSPS) is 16.3. The van der Waals surface area contributed by atoms with Crippen molar-refractivity contribution in [1.82, 2.24) is 4.72 Å². The van der Waals surface area contributed by atoms with E-state index >= 15 is 0 Å². The number of carboxylic acids is 1. The van der Waals surface area contributed by atoms with Crippen LogP contribution in [0.1, 0.15) is 40.5 Å². The zero-order valence-corrected chi connectivity index (χ0v) is 12.2. The SMILES string of the molecule is CC(C)(C)CCCS(=O)(=O)NCC(C)(O)C(=O)O. The Labute approximate surface area is 108 Å². The molecule has 108 valence electrons. The fourth-order valence-corrected chi connectivity index (χ4v) is 2.36. The van der Waals surface area contributed by atoms with Gasteiger partial charge in [-0.05, 0) is 25.2 Å². The number of aliphatic carboxylic acids is 1. The Bertz CT molecular complexity index is 381. The zero-order chi connectivity index (χ0) is 14.6. The summed E-state index contributed by atoms with van der Waals surface area (Å²) in [7, 11) is -3.54. The summed E-state index contributed by atoms with van der Waals surface area (Å²) in [5.74, 6) is -1.53. The summed E-state index contributed by atoms with van der Waals surface area (Å²) in [5.41, 5.74) is -2.03. The number of hydrogen-bond acceptors (Lipinski definition) is 4. The van der Waals surface area contributed by atoms with Gasteiger partial charge in [-0.25, -0.2) is 17.9 Å². The third-order valence-electron chi connectivity index (χ3n) is 2.44. The zero-order valence-electron chi connectivity index (χ0n) is 11.4. The van der Waals surface area contributed by atoms with Crippen molar-refractivity contribution >= 4 is 16.0 Å². The van der Waals surface area contributed by atoms with Crippen molar-refractivity contribution in [2.24, 2.45) is 5.41 Å². The van der Waals surface area contributed by atoms with Crippen LogP contribution in [0.3, 0.4) is 0 Å². The van der Waals surface area contributed by atoms with Gasteiger partial charge in [-0.15, -0.1) is 0 Å². The predicted octanol–water partition coefficient (Wildman–Crippen LogP) is 0.568. The van der Waals surface area contributed by atoms with Gasteiger partial charge >= 0.3 is 5.97 Å². The molecule has 0 aromatic heterocycles. The van der Waals surface area contributed by atoms with Crippen LogP contribution in [-0.4, -0.2) is 42.5 Å². The molecule has 0 aromatic rings. The summed E-state index contributed by atoms with van der Waals surface area (Å²) in [4.78, 5) is 10.6. The first-order valence-electron chi connectivity index (χ1n) is 5.79. The van der Waals surface area contributed by atoms with Gasteiger partial charge < -0.3 is 10.2 Å². The molecule has 0 amide bonds. The lowest BCUT2D eigenvalue weighted by molar-refractivity contribution is -0.155. The molecule has 3 N–H and O–H groups in total. The molecule has 0 saturated carbocycles. The topological polar surface area (TPSA) is 104 Å². The highest BCUT2D eigenvalue weighted by Crippen LogP contribution is 2.20. The molecule has 1 unspecified atom stereocenters. The molecule has 0 heterocycles. The quantitative estimate of drug-likeness (QED) is 0.633. The van der Waals surface area contributed by atoms with Crippen LogP contribution in [0.25, 0.3) is 0 Å². The molecule has 0 aliphatic heterocycles. The van der Waals surface area contributed by atoms with Gasteiger partial charge in [-0.3, -0.25) is 0 Å². The van der Waals surface area contributed by atoms with Crippen LogP contribution >= 0.6 is 0 Å². The van der Waals surface area contributed by atoms with Gasteiger partial charge in [0.05, 0.1) is 5.75 Å². The summed E-state index contributed by atoms with van der Waals surface area (Å²) in [6.07, 6.45) is 1.25. The predicted molar refractivity (Wildman–Crippen MR) is 68.7 cm³/mol. The van der Waals surface area contributed by atoms with Crippen LogP contribution in [0.5, 0.6) is 0 Å². The van der Waals surface area contributed by atoms with Crippen molar-refractivity contribution < 1.29 is 23.4 Å². The molecule has 0 spiro atoms. The van der Waals surface area contributed by atoms with Gasteiger partial charge in [-0.2, -0.15) is 0 Å². The number of sulfonamides is 1. The van der Waals surface area contributed by atoms with Crippen LogP contribution in [0.2, 0.25) is 0 Å². The highest BCUT2D eigenvalue weighted by atomic mass is 32.2. The fraction of sp³-hybridized carbons (Fsp3) is 0.909. The van der Waals surface area contributed by atoms with Crippen molar-refractivity contribution in [2.45, 2.75) is 46.1 Å². The highest BCUT2D eigenvalue weighted by Gasteiger charge is 2.31. The third-order valence-corrected chi connectivity index (χ3v) is 3.85. The van der Waals surface area contributed by atoms with E-state index in [1.54, 1.807) is 0 Å². The van der Waals surface area contributed by atoms with Crippen LogP contribution < -0.4 is 4.72 Å². The minimum Gasteiger partial charge on any atom is -0.479 e. The summed E-state index contributed by atoms with van der Waals surface area (Å²) in [6, 6.07) is 0. The second kappa shape index (κ2) is 5.99. The van der Waals surface area contributed by atoms with Gasteiger partial charge in [0.2, 0.25) is 10.0 Å². The molecular formula is C11H23NO5S. The van der Waals surface area contributed by atoms with Gasteiger partial charge in [0, 0.05) is 6.54 Å². The highest BCUT2D eigenvalue weighted by molar-refractivity contribution is 7.89. The minimum absolute atomic E-state index is 0.0576. The number of aliphatic hydroxyl groups is 1. The number of carboxylic acid groups (broad SMARTS) is 1. The maximum absolute atomic E-state index is 11.6. The van der Waals surface area contributed by atoms with E-state index < -0.39 is 28.1 Å². The summed E-state index contributed by atoms with van der Waals surface area (Å²) >= 11 is 0. The average Bonchev–Trinajstić information content (AvgIpc) is 2.12. The molecule has 1 atom stereocenters. The Morgan fingerprint density at radius 1 is 1.22 bits per heavy atom. The molecule has 0 bridgehead atoms. The third kappa shape index (κ3) is 7.62. The first kappa shape index (κ1) is 17.3. The second-order valence-electron chi connectivity index (χ2n) is 5.88. The van der Waals surface area contributed by atoms with Crippen molar-refractivity contribution in [3.05, 3.63) is 0 Å². The van der Waals surface area contributed by atoms with E-state index in [1.807, 2.05) is 20.8 Å². The molecule has 0 radical (unpaired) electrons. The Morgan fingerprint density at radius 3 is 2.11 bits per heavy atom. The molecular weight excluding hydrogens is 258 g/mol. The first-order valence-corrected chi connectivity index (χ1v) is 7.44. The smallest absolute Gasteiger partial charge is 0.336 e. The molecule has 0 fully saturated rings. The molecule has 0 aliphatic carbocycles. The Morgan fingerprint density at radius 2 is 1.72 bits per heavy atom. The molecule has 18 heavy (non-hydrogen) atoms. The van der Waals surface area contributed by atoms with Crippen molar-refractivity contribution in [1.29, 1.82) is 0 Å². The second-order valence-corrected chi connectivity index (χ2v) is 7.81. The molecule has 0 saturated heterocycles. The largest absolute Gasteiger partial charge is 0.479 e. The van der Waals surface area contributed by atoms with Crippen molar-refractivity contribution in [3.8, 4) is 0 Å². The fourth-order valence-electron chi connectivity index (χ4n) is 1.19. The number of rotatable bonds is 7. The van der Waals surface area contributed by atoms with Gasteiger partial charge in [0.15, 0.2) is 5.60 Å². The van der Waals surface area contributed by atoms with E-state index in [2.05, 4.69) is 4.72 Å². The molecule has 0 rings (SSSR count). The Hall–Kier alpha value is -0.660. The van der Waals surface area contributed by atoms with E-state index in [0.717, 1.165) is 13.3 Å². The lowest BCUT2D eigenvalue weighted by Crippen LogP contribution is -2.47. The lowest BCUT2D eigenvalue weighted by atomic mass is 9.91. The monoisotopic (exact) mass is 281 g/mol. The van der Waals surface area contributed by atoms with Crippen LogP contribution in [0.15, 0.2) is 0 Å². The number of nitrogens with one attached hydrogen (secondary N) is 1. The van der Waals surface area contributed by atoms with Crippen molar-refractivity contribution in [3.63, 3.8) is 0 Å². The standard InChI is InChI=1S/C11H23NO5S/c1-10(2,3)6-5-7-18(16,17)12-8-11(4,15)9(13)14/h12,15H,5-8H2,1-4H3,(H,13,14). The number of carbonyl (C=O) groups is 1. The summed E-state index contributed by atoms with van der Waals surface area (Å²) < 4.78 is 25.2. The molecule has 7 heteroatoms. The lowest BCUT2D eigenvalue weighted by Gasteiger charge is -2.20. The number of hydrogen-bond donors (Lipinski definition) is 3. The molecule has 6 nitrogen and oxygen atoms in total. The van der Waals surface area contributed by atoms with Crippen LogP contribution in [0.4, 0.5) is 0 Å². The van der Waals surface area contributed by atoms with Gasteiger partial charge in [0.25, 0.3) is 0 Å². The average molecular weight is 281 g/mol. The maximum atomic E-state index is 11.6. The Balaban J connectivity index is 4.22. The van der Waals surface area contributed by atoms with E-state index in [9.17, 15) is 18.3 Å². The van der Waals surface area contributed by atoms with Gasteiger partial charge in [-0.1, -0.05) is 20.8 Å². The Kier molecular flexibility index (Phi) is 5.77. The first-order chi connectivity index (χ1) is 7.86. The van der Waals surface area contributed by atoms with Crippen LogP contribution in [-0.2, 0) is 14.8 Å².